The number of anilines is 1. The molecular formula is C15H17MgNS2. The van der Waals surface area contributed by atoms with Gasteiger partial charge < -0.3 is 7.75 Å². The largest absolute Gasteiger partial charge is 2.00 e. The molecule has 0 heterocycles. The molecule has 0 atom stereocenters. The minimum absolute atomic E-state index is 0. The number of benzene rings is 2. The van der Waals surface area contributed by atoms with Gasteiger partial charge in [0.2, 0.25) is 0 Å². The van der Waals surface area contributed by atoms with Crippen LogP contribution in [0, 0.1) is 0 Å². The van der Waals surface area contributed by atoms with Crippen LogP contribution in [0.15, 0.2) is 65.6 Å². The second-order valence-electron chi connectivity index (χ2n) is 3.76. The van der Waals surface area contributed by atoms with Gasteiger partial charge in [-0.15, -0.1) is 0 Å². The van der Waals surface area contributed by atoms with E-state index in [1.807, 2.05) is 36.4 Å². The van der Waals surface area contributed by atoms with Crippen LogP contribution in [0.2, 0.25) is 0 Å². The molecular weight excluding hydrogens is 283 g/mol. The molecule has 0 bridgehead atoms. The Bertz CT molecular complexity index is 512. The normalized spacial score (nSPS) is 9.53. The van der Waals surface area contributed by atoms with Crippen LogP contribution in [0.4, 0.5) is 5.69 Å². The zero-order valence-corrected chi connectivity index (χ0v) is 14.0. The Balaban J connectivity index is 0. The molecule has 96 valence electrons. The molecule has 0 spiro atoms. The molecule has 0 aliphatic heterocycles. The molecule has 0 saturated heterocycles. The van der Waals surface area contributed by atoms with Gasteiger partial charge in [0.25, 0.3) is 0 Å². The predicted octanol–water partition coefficient (Wildman–Crippen LogP) is 4.43. The van der Waals surface area contributed by atoms with Crippen LogP contribution < -0.4 is 4.90 Å². The standard InChI is InChI=1S/C15H15NS2.Mg.2H/c1-2-16(13-9-5-3-6-10-13)15(17)18-14-11-7-4-8-12-14;;;/h3-12H,2H2,1H3;;;/q;+2;2*-1. The third kappa shape index (κ3) is 4.80. The minimum atomic E-state index is 0. The van der Waals surface area contributed by atoms with Gasteiger partial charge in [0.05, 0.1) is 0 Å². The Kier molecular flexibility index (Phi) is 7.45. The van der Waals surface area contributed by atoms with E-state index < -0.39 is 0 Å². The van der Waals surface area contributed by atoms with Crippen molar-refractivity contribution in [1.82, 2.24) is 0 Å². The van der Waals surface area contributed by atoms with Crippen molar-refractivity contribution in [2.75, 3.05) is 11.4 Å². The van der Waals surface area contributed by atoms with Gasteiger partial charge in [-0.3, -0.25) is 0 Å². The fourth-order valence-electron chi connectivity index (χ4n) is 1.67. The van der Waals surface area contributed by atoms with Crippen molar-refractivity contribution in [3.05, 3.63) is 60.7 Å². The molecule has 0 N–H and O–H groups in total. The van der Waals surface area contributed by atoms with E-state index in [0.717, 1.165) is 16.6 Å². The van der Waals surface area contributed by atoms with Gasteiger partial charge in [-0.25, -0.2) is 0 Å². The van der Waals surface area contributed by atoms with Gasteiger partial charge in [-0.05, 0) is 31.2 Å². The minimum Gasteiger partial charge on any atom is -1.00 e. The maximum absolute atomic E-state index is 5.53. The zero-order valence-electron chi connectivity index (χ0n) is 13.0. The van der Waals surface area contributed by atoms with Gasteiger partial charge in [0, 0.05) is 17.1 Å². The van der Waals surface area contributed by atoms with Crippen LogP contribution in [0.3, 0.4) is 0 Å². The van der Waals surface area contributed by atoms with E-state index in [9.17, 15) is 0 Å². The summed E-state index contributed by atoms with van der Waals surface area (Å²) in [6.45, 7) is 2.99. The molecule has 2 aromatic carbocycles. The van der Waals surface area contributed by atoms with Crippen molar-refractivity contribution >= 4 is 57.0 Å². The van der Waals surface area contributed by atoms with Crippen molar-refractivity contribution in [2.24, 2.45) is 0 Å². The summed E-state index contributed by atoms with van der Waals surface area (Å²) >= 11 is 7.16. The van der Waals surface area contributed by atoms with Crippen molar-refractivity contribution in [3.63, 3.8) is 0 Å². The first-order valence-corrected chi connectivity index (χ1v) is 7.13. The zero-order chi connectivity index (χ0) is 12.8. The molecule has 0 aliphatic rings. The van der Waals surface area contributed by atoms with Gasteiger partial charge in [-0.2, -0.15) is 0 Å². The number of hydrogen-bond acceptors (Lipinski definition) is 2. The van der Waals surface area contributed by atoms with E-state index in [2.05, 4.69) is 36.1 Å². The molecule has 0 aromatic heterocycles. The number of thiocarbonyl (C=S) groups is 1. The van der Waals surface area contributed by atoms with Crippen molar-refractivity contribution in [3.8, 4) is 0 Å². The summed E-state index contributed by atoms with van der Waals surface area (Å²) in [6.07, 6.45) is 0. The Morgan fingerprint density at radius 1 is 1.05 bits per heavy atom. The topological polar surface area (TPSA) is 3.24 Å². The molecule has 1 nitrogen and oxygen atoms in total. The third-order valence-corrected chi connectivity index (χ3v) is 3.93. The maximum Gasteiger partial charge on any atom is 2.00 e. The molecule has 2 aromatic rings. The number of para-hydroxylation sites is 1. The first-order valence-electron chi connectivity index (χ1n) is 5.90. The summed E-state index contributed by atoms with van der Waals surface area (Å²) in [5.41, 5.74) is 1.15. The van der Waals surface area contributed by atoms with Crippen LogP contribution in [-0.2, 0) is 0 Å². The van der Waals surface area contributed by atoms with Crippen LogP contribution in [0.1, 0.15) is 9.78 Å². The summed E-state index contributed by atoms with van der Waals surface area (Å²) in [5, 5.41) is 0. The maximum atomic E-state index is 5.53. The quantitative estimate of drug-likeness (QED) is 0.469. The second kappa shape index (κ2) is 8.58. The number of thioether (sulfide) groups is 1. The average molecular weight is 300 g/mol. The molecule has 0 aliphatic carbocycles. The molecule has 2 rings (SSSR count). The molecule has 0 amide bonds. The van der Waals surface area contributed by atoms with E-state index in [-0.39, 0.29) is 25.9 Å². The van der Waals surface area contributed by atoms with Crippen molar-refractivity contribution in [1.29, 1.82) is 0 Å². The van der Waals surface area contributed by atoms with E-state index in [0.29, 0.717) is 0 Å². The predicted molar refractivity (Wildman–Crippen MR) is 92.3 cm³/mol. The smallest absolute Gasteiger partial charge is 1.00 e. The Morgan fingerprint density at radius 3 is 2.11 bits per heavy atom. The van der Waals surface area contributed by atoms with Crippen molar-refractivity contribution in [2.45, 2.75) is 11.8 Å². The average Bonchev–Trinajstić information content (AvgIpc) is 2.42. The monoisotopic (exact) mass is 299 g/mol. The Hall–Kier alpha value is -0.554. The molecule has 0 unspecified atom stereocenters. The van der Waals surface area contributed by atoms with Crippen LogP contribution in [0.5, 0.6) is 0 Å². The van der Waals surface area contributed by atoms with Gasteiger partial charge >= 0.3 is 23.1 Å². The van der Waals surface area contributed by atoms with Gasteiger partial charge in [0.1, 0.15) is 4.32 Å². The number of hydrogen-bond donors (Lipinski definition) is 0. The fraction of sp³-hybridized carbons (Fsp3) is 0.133. The molecule has 19 heavy (non-hydrogen) atoms. The third-order valence-electron chi connectivity index (χ3n) is 2.55. The van der Waals surface area contributed by atoms with E-state index in [1.54, 1.807) is 11.8 Å². The summed E-state index contributed by atoms with van der Waals surface area (Å²) in [4.78, 5) is 3.32. The first-order chi connectivity index (χ1) is 8.81. The molecule has 0 fully saturated rings. The first kappa shape index (κ1) is 16.5. The SMILES string of the molecule is CCN(C(=S)Sc1ccccc1)c1ccccc1.[H-].[H-].[Mg+2]. The van der Waals surface area contributed by atoms with E-state index in [1.165, 1.54) is 4.90 Å². The Morgan fingerprint density at radius 2 is 1.58 bits per heavy atom. The Labute approximate surface area is 143 Å². The van der Waals surface area contributed by atoms with Crippen LogP contribution in [-0.4, -0.2) is 33.9 Å². The molecule has 0 radical (unpaired) electrons. The summed E-state index contributed by atoms with van der Waals surface area (Å²) in [7, 11) is 0. The van der Waals surface area contributed by atoms with Crippen molar-refractivity contribution < 1.29 is 2.85 Å². The molecule has 0 saturated carbocycles. The van der Waals surface area contributed by atoms with Crippen LogP contribution in [0.25, 0.3) is 0 Å². The summed E-state index contributed by atoms with van der Waals surface area (Å²) in [5.74, 6) is 0. The summed E-state index contributed by atoms with van der Waals surface area (Å²) < 4.78 is 0.884. The van der Waals surface area contributed by atoms with Crippen LogP contribution >= 0.6 is 24.0 Å². The van der Waals surface area contributed by atoms with Gasteiger partial charge in [-0.1, -0.05) is 60.4 Å². The van der Waals surface area contributed by atoms with E-state index >= 15 is 0 Å². The summed E-state index contributed by atoms with van der Waals surface area (Å²) in [6, 6.07) is 20.5. The van der Waals surface area contributed by atoms with E-state index in [4.69, 9.17) is 12.2 Å². The fourth-order valence-corrected chi connectivity index (χ4v) is 3.03. The molecule has 4 heteroatoms. The second-order valence-corrected chi connectivity index (χ2v) is 5.47. The van der Waals surface area contributed by atoms with Gasteiger partial charge in [0.15, 0.2) is 0 Å². The number of nitrogens with zero attached hydrogens (tertiary/aromatic N) is 1. The number of rotatable bonds is 3.